The van der Waals surface area contributed by atoms with Gasteiger partial charge >= 0.3 is 29.7 Å². The van der Waals surface area contributed by atoms with E-state index in [1.165, 1.54) is 20.8 Å². The van der Waals surface area contributed by atoms with Crippen molar-refractivity contribution in [2.45, 2.75) is 33.1 Å². The third-order valence-electron chi connectivity index (χ3n) is 3.98. The minimum atomic E-state index is -1.77. The van der Waals surface area contributed by atoms with Gasteiger partial charge in [-0.15, -0.1) is 0 Å². The van der Waals surface area contributed by atoms with Crippen LogP contribution in [-0.2, 0) is 14.2 Å². The molecule has 15 nitrogen and oxygen atoms in total. The largest absolute Gasteiger partial charge is 0.450 e. The molecule has 15 heteroatoms. The van der Waals surface area contributed by atoms with Gasteiger partial charge in [0.1, 0.15) is 0 Å². The number of hydrogen-bond acceptors (Lipinski definition) is 10. The summed E-state index contributed by atoms with van der Waals surface area (Å²) in [6, 6.07) is 0. The first-order valence-electron chi connectivity index (χ1n) is 8.76. The molecule has 0 aromatic heterocycles. The maximum Gasteiger partial charge on any atom is 0.416 e. The zero-order valence-corrected chi connectivity index (χ0v) is 16.2. The van der Waals surface area contributed by atoms with Gasteiger partial charge in [0.15, 0.2) is 0 Å². The van der Waals surface area contributed by atoms with E-state index in [1.807, 2.05) is 0 Å². The molecule has 2 bridgehead atoms. The SMILES string of the molecule is CCOC(=O)N1C=C([N+](=O)[O-])C2N(C(=O)OCC)C=C([N+](=O)[O-])C1N2C(=O)OCC. The Balaban J connectivity index is 2.77. The van der Waals surface area contributed by atoms with E-state index in [2.05, 4.69) is 0 Å². The van der Waals surface area contributed by atoms with E-state index in [0.29, 0.717) is 27.1 Å². The quantitative estimate of drug-likeness (QED) is 0.351. The second-order valence-corrected chi connectivity index (χ2v) is 5.69. The number of amides is 3. The third-order valence-corrected chi connectivity index (χ3v) is 3.98. The van der Waals surface area contributed by atoms with Gasteiger partial charge in [0.2, 0.25) is 12.3 Å². The first-order valence-corrected chi connectivity index (χ1v) is 8.76. The maximum atomic E-state index is 12.6. The molecule has 0 spiro atoms. The Bertz CT molecular complexity index is 767. The molecule has 2 aliphatic heterocycles. The lowest BCUT2D eigenvalue weighted by Crippen LogP contribution is -2.68. The van der Waals surface area contributed by atoms with Crippen molar-refractivity contribution in [3.05, 3.63) is 44.0 Å². The van der Waals surface area contributed by atoms with Gasteiger partial charge in [-0.05, 0) is 20.8 Å². The number of hydrogen-bond donors (Lipinski definition) is 0. The smallest absolute Gasteiger partial charge is 0.416 e. The Morgan fingerprint density at radius 2 is 1.13 bits per heavy atom. The van der Waals surface area contributed by atoms with Crippen molar-refractivity contribution in [1.29, 1.82) is 0 Å². The van der Waals surface area contributed by atoms with Gasteiger partial charge in [-0.1, -0.05) is 0 Å². The molecule has 0 radical (unpaired) electrons. The van der Waals surface area contributed by atoms with Crippen molar-refractivity contribution in [3.63, 3.8) is 0 Å². The summed E-state index contributed by atoms with van der Waals surface area (Å²) in [4.78, 5) is 60.5. The molecule has 0 fully saturated rings. The van der Waals surface area contributed by atoms with Gasteiger partial charge in [0.25, 0.3) is 0 Å². The number of nitrogens with zero attached hydrogens (tertiary/aromatic N) is 5. The molecule has 2 unspecified atom stereocenters. The van der Waals surface area contributed by atoms with Gasteiger partial charge in [-0.25, -0.2) is 29.1 Å². The highest BCUT2D eigenvalue weighted by molar-refractivity contribution is 5.77. The predicted octanol–water partition coefficient (Wildman–Crippen LogP) is 1.28. The van der Waals surface area contributed by atoms with Crippen molar-refractivity contribution in [1.82, 2.24) is 14.7 Å². The number of nitro groups is 2. The average molecular weight is 429 g/mol. The van der Waals surface area contributed by atoms with Gasteiger partial charge in [-0.3, -0.25) is 20.2 Å². The Labute approximate surface area is 169 Å². The van der Waals surface area contributed by atoms with E-state index in [0.717, 1.165) is 0 Å². The molecule has 0 aliphatic carbocycles. The summed E-state index contributed by atoms with van der Waals surface area (Å²) in [7, 11) is 0. The van der Waals surface area contributed by atoms with Crippen LogP contribution in [-0.4, -0.2) is 75.0 Å². The number of fused-ring (bicyclic) bond motifs is 2. The van der Waals surface area contributed by atoms with Gasteiger partial charge in [0, 0.05) is 0 Å². The van der Waals surface area contributed by atoms with Gasteiger partial charge in [0.05, 0.1) is 42.1 Å². The minimum Gasteiger partial charge on any atom is -0.450 e. The first kappa shape index (κ1) is 22.4. The fraction of sp³-hybridized carbons (Fsp3) is 0.533. The Morgan fingerprint density at radius 3 is 1.43 bits per heavy atom. The summed E-state index contributed by atoms with van der Waals surface area (Å²) < 4.78 is 14.5. The molecule has 0 aromatic carbocycles. The second-order valence-electron chi connectivity index (χ2n) is 5.69. The van der Waals surface area contributed by atoms with E-state index >= 15 is 0 Å². The molecule has 0 N–H and O–H groups in total. The van der Waals surface area contributed by atoms with Crippen LogP contribution < -0.4 is 0 Å². The lowest BCUT2D eigenvalue weighted by atomic mass is 10.1. The number of carbonyl (C=O) groups excluding carboxylic acids is 3. The first-order chi connectivity index (χ1) is 14.2. The number of carbonyl (C=O) groups is 3. The molecule has 0 aromatic rings. The molecular weight excluding hydrogens is 410 g/mol. The Kier molecular flexibility index (Phi) is 6.76. The van der Waals surface area contributed by atoms with Gasteiger partial charge in [-0.2, -0.15) is 0 Å². The molecule has 2 aliphatic rings. The average Bonchev–Trinajstić information content (AvgIpc) is 2.67. The lowest BCUT2D eigenvalue weighted by Gasteiger charge is -2.46. The van der Waals surface area contributed by atoms with Crippen LogP contribution in [0, 0.1) is 20.2 Å². The van der Waals surface area contributed by atoms with Crippen molar-refractivity contribution < 1.29 is 38.4 Å². The van der Waals surface area contributed by atoms with Crippen LogP contribution >= 0.6 is 0 Å². The summed E-state index contributed by atoms with van der Waals surface area (Å²) >= 11 is 0. The molecule has 0 saturated carbocycles. The molecule has 2 atom stereocenters. The zero-order chi connectivity index (χ0) is 22.6. The van der Waals surface area contributed by atoms with E-state index < -0.39 is 51.9 Å². The topological polar surface area (TPSA) is 175 Å². The molecule has 30 heavy (non-hydrogen) atoms. The van der Waals surface area contributed by atoms with Crippen LogP contribution in [0.1, 0.15) is 20.8 Å². The van der Waals surface area contributed by atoms with E-state index in [1.54, 1.807) is 0 Å². The monoisotopic (exact) mass is 429 g/mol. The fourth-order valence-corrected chi connectivity index (χ4v) is 2.91. The van der Waals surface area contributed by atoms with Crippen molar-refractivity contribution in [2.24, 2.45) is 0 Å². The van der Waals surface area contributed by atoms with Crippen LogP contribution in [0.3, 0.4) is 0 Å². The summed E-state index contributed by atoms with van der Waals surface area (Å²) in [5.41, 5.74) is -1.61. The van der Waals surface area contributed by atoms with Crippen molar-refractivity contribution in [3.8, 4) is 0 Å². The molecule has 164 valence electrons. The molecule has 0 saturated heterocycles. The fourth-order valence-electron chi connectivity index (χ4n) is 2.91. The predicted molar refractivity (Wildman–Crippen MR) is 94.3 cm³/mol. The standard InChI is InChI=1S/C15H19N5O10/c1-4-28-13(21)16-7-9(19(24)25)12-17(14(22)29-5-2)8-10(20(26)27)11(16)18(12)15(23)30-6-3/h7-8,11-12H,4-6H2,1-3H3. The van der Waals surface area contributed by atoms with Crippen LogP contribution in [0.2, 0.25) is 0 Å². The van der Waals surface area contributed by atoms with Crippen LogP contribution in [0.4, 0.5) is 14.4 Å². The zero-order valence-electron chi connectivity index (χ0n) is 16.2. The van der Waals surface area contributed by atoms with Crippen molar-refractivity contribution in [2.75, 3.05) is 19.8 Å². The molecular formula is C15H19N5O10. The lowest BCUT2D eigenvalue weighted by molar-refractivity contribution is -0.455. The maximum absolute atomic E-state index is 12.6. The van der Waals surface area contributed by atoms with Crippen LogP contribution in [0.15, 0.2) is 23.8 Å². The molecule has 3 amide bonds. The highest BCUT2D eigenvalue weighted by Gasteiger charge is 2.59. The Hall–Kier alpha value is -3.91. The number of rotatable bonds is 5. The highest BCUT2D eigenvalue weighted by atomic mass is 16.6. The van der Waals surface area contributed by atoms with Gasteiger partial charge < -0.3 is 14.2 Å². The second kappa shape index (κ2) is 9.06. The van der Waals surface area contributed by atoms with Crippen LogP contribution in [0.25, 0.3) is 0 Å². The highest BCUT2D eigenvalue weighted by Crippen LogP contribution is 2.36. The number of ether oxygens (including phenoxy) is 3. The molecule has 2 rings (SSSR count). The summed E-state index contributed by atoms with van der Waals surface area (Å²) in [6.07, 6.45) is -5.73. The minimum absolute atomic E-state index is 0.140. The summed E-state index contributed by atoms with van der Waals surface area (Å²) in [6.45, 7) is 3.90. The van der Waals surface area contributed by atoms with E-state index in [9.17, 15) is 34.6 Å². The summed E-state index contributed by atoms with van der Waals surface area (Å²) in [5.74, 6) is 0. The van der Waals surface area contributed by atoms with Crippen LogP contribution in [0.5, 0.6) is 0 Å². The van der Waals surface area contributed by atoms with E-state index in [4.69, 9.17) is 14.2 Å². The molecule has 2 heterocycles. The summed E-state index contributed by atoms with van der Waals surface area (Å²) in [5, 5.41) is 23.4. The Morgan fingerprint density at radius 1 is 0.800 bits per heavy atom. The van der Waals surface area contributed by atoms with E-state index in [-0.39, 0.29) is 19.8 Å². The third kappa shape index (κ3) is 3.94. The normalized spacial score (nSPS) is 20.0. The van der Waals surface area contributed by atoms with Crippen molar-refractivity contribution >= 4 is 18.3 Å².